The van der Waals surface area contributed by atoms with Gasteiger partial charge in [-0.1, -0.05) is 6.07 Å². The fourth-order valence-corrected chi connectivity index (χ4v) is 3.53. The third-order valence-electron chi connectivity index (χ3n) is 5.82. The van der Waals surface area contributed by atoms with Crippen molar-refractivity contribution >= 4 is 5.91 Å². The minimum atomic E-state index is -4.56. The summed E-state index contributed by atoms with van der Waals surface area (Å²) in [5.41, 5.74) is -1.17. The molecular formula is C19H23F3N2O3. The van der Waals surface area contributed by atoms with Gasteiger partial charge in [-0.2, -0.15) is 13.2 Å². The quantitative estimate of drug-likeness (QED) is 0.819. The van der Waals surface area contributed by atoms with E-state index in [4.69, 9.17) is 4.74 Å². The number of rotatable bonds is 6. The highest BCUT2D eigenvalue weighted by atomic mass is 19.4. The second-order valence-electron chi connectivity index (χ2n) is 8.03. The highest BCUT2D eigenvalue weighted by Gasteiger charge is 2.58. The van der Waals surface area contributed by atoms with Crippen molar-refractivity contribution in [3.63, 3.8) is 0 Å². The van der Waals surface area contributed by atoms with Crippen LogP contribution in [0.3, 0.4) is 0 Å². The van der Waals surface area contributed by atoms with Gasteiger partial charge in [-0.3, -0.25) is 4.79 Å². The number of aliphatic hydroxyl groups is 1. The summed E-state index contributed by atoms with van der Waals surface area (Å²) in [7, 11) is 0. The van der Waals surface area contributed by atoms with E-state index in [0.717, 1.165) is 36.1 Å². The Morgan fingerprint density at radius 1 is 1.30 bits per heavy atom. The van der Waals surface area contributed by atoms with E-state index in [-0.39, 0.29) is 18.7 Å². The van der Waals surface area contributed by atoms with Gasteiger partial charge < -0.3 is 14.7 Å². The monoisotopic (exact) mass is 384 g/mol. The van der Waals surface area contributed by atoms with Crippen LogP contribution in [0.15, 0.2) is 12.1 Å². The van der Waals surface area contributed by atoms with Gasteiger partial charge in [0.1, 0.15) is 11.1 Å². The maximum absolute atomic E-state index is 13.3. The Morgan fingerprint density at radius 2 is 2.04 bits per heavy atom. The molecule has 4 rings (SSSR count). The summed E-state index contributed by atoms with van der Waals surface area (Å²) in [5.74, 6) is 0.829. The largest absolute Gasteiger partial charge is 0.477 e. The molecule has 1 aromatic heterocycles. The lowest BCUT2D eigenvalue weighted by atomic mass is 9.87. The first-order chi connectivity index (χ1) is 12.8. The number of hydrogen-bond acceptors (Lipinski definition) is 4. The normalized spacial score (nSPS) is 25.7. The zero-order valence-corrected chi connectivity index (χ0v) is 15.0. The molecule has 8 heteroatoms. The van der Waals surface area contributed by atoms with Gasteiger partial charge in [-0.15, -0.1) is 0 Å². The van der Waals surface area contributed by atoms with Crippen molar-refractivity contribution in [2.75, 3.05) is 26.3 Å². The Hall–Kier alpha value is -1.83. The summed E-state index contributed by atoms with van der Waals surface area (Å²) < 4.78 is 45.8. The molecule has 5 nitrogen and oxygen atoms in total. The van der Waals surface area contributed by atoms with Crippen LogP contribution in [0.2, 0.25) is 0 Å². The van der Waals surface area contributed by atoms with Gasteiger partial charge in [0.25, 0.3) is 5.91 Å². The molecule has 1 N–H and O–H groups in total. The Bertz CT molecular complexity index is 731. The van der Waals surface area contributed by atoms with Gasteiger partial charge in [0, 0.05) is 18.7 Å². The molecule has 1 amide bonds. The van der Waals surface area contributed by atoms with Crippen molar-refractivity contribution in [2.45, 2.75) is 44.2 Å². The first kappa shape index (κ1) is 18.5. The third-order valence-corrected chi connectivity index (χ3v) is 5.82. The van der Waals surface area contributed by atoms with Crippen LogP contribution in [-0.2, 0) is 0 Å². The number of amides is 1. The Balaban J connectivity index is 1.52. The zero-order chi connectivity index (χ0) is 19.2. The standard InChI is InChI=1S/C19H23F3N2O3/c20-19(21,22)18(11-25)7-8-24(10-18)17(26)15-6-5-14(13-3-4-13)16(23-15)27-9-12-1-2-12/h5-6,12-13,25H,1-4,7-11H2. The first-order valence-corrected chi connectivity index (χ1v) is 9.43. The average molecular weight is 384 g/mol. The summed E-state index contributed by atoms with van der Waals surface area (Å²) >= 11 is 0. The molecule has 1 unspecified atom stereocenters. The topological polar surface area (TPSA) is 62.7 Å². The Labute approximate surface area is 155 Å². The molecule has 0 radical (unpaired) electrons. The van der Waals surface area contributed by atoms with Crippen LogP contribution in [0.25, 0.3) is 0 Å². The number of hydrogen-bond donors (Lipinski definition) is 1. The molecule has 2 heterocycles. The van der Waals surface area contributed by atoms with Crippen LogP contribution in [-0.4, -0.2) is 53.4 Å². The number of carbonyl (C=O) groups is 1. The Kier molecular flexibility index (Phi) is 4.56. The lowest BCUT2D eigenvalue weighted by molar-refractivity contribution is -0.229. The molecule has 27 heavy (non-hydrogen) atoms. The minimum Gasteiger partial charge on any atom is -0.477 e. The predicted molar refractivity (Wildman–Crippen MR) is 90.5 cm³/mol. The van der Waals surface area contributed by atoms with E-state index >= 15 is 0 Å². The second-order valence-corrected chi connectivity index (χ2v) is 8.03. The lowest BCUT2D eigenvalue weighted by Gasteiger charge is -2.29. The van der Waals surface area contributed by atoms with E-state index in [1.165, 1.54) is 0 Å². The van der Waals surface area contributed by atoms with Crippen LogP contribution >= 0.6 is 0 Å². The number of halogens is 3. The van der Waals surface area contributed by atoms with Crippen molar-refractivity contribution in [3.8, 4) is 5.88 Å². The molecule has 148 valence electrons. The number of nitrogens with zero attached hydrogens (tertiary/aromatic N) is 2. The fourth-order valence-electron chi connectivity index (χ4n) is 3.53. The first-order valence-electron chi connectivity index (χ1n) is 9.43. The number of pyridine rings is 1. The molecule has 0 bridgehead atoms. The van der Waals surface area contributed by atoms with Crippen LogP contribution in [0.4, 0.5) is 13.2 Å². The molecule has 0 aromatic carbocycles. The number of aromatic nitrogens is 1. The smallest absolute Gasteiger partial charge is 0.398 e. The SMILES string of the molecule is O=C(c1ccc(C2CC2)c(OCC2CC2)n1)N1CCC(CO)(C(F)(F)F)C1. The highest BCUT2D eigenvalue weighted by Crippen LogP contribution is 2.46. The van der Waals surface area contributed by atoms with Crippen LogP contribution in [0, 0.1) is 11.3 Å². The zero-order valence-electron chi connectivity index (χ0n) is 15.0. The maximum atomic E-state index is 13.3. The summed E-state index contributed by atoms with van der Waals surface area (Å²) in [4.78, 5) is 18.2. The molecule has 1 aromatic rings. The number of aliphatic hydroxyl groups excluding tert-OH is 1. The number of carbonyl (C=O) groups excluding carboxylic acids is 1. The highest BCUT2D eigenvalue weighted by molar-refractivity contribution is 5.92. The van der Waals surface area contributed by atoms with Gasteiger partial charge in [0.2, 0.25) is 5.88 Å². The predicted octanol–water partition coefficient (Wildman–Crippen LogP) is 3.13. The third kappa shape index (κ3) is 3.63. The molecular weight excluding hydrogens is 361 g/mol. The van der Waals surface area contributed by atoms with Crippen molar-refractivity contribution in [2.24, 2.45) is 11.3 Å². The van der Waals surface area contributed by atoms with E-state index in [1.807, 2.05) is 6.07 Å². The number of likely N-dealkylation sites (tertiary alicyclic amines) is 1. The van der Waals surface area contributed by atoms with E-state index in [2.05, 4.69) is 4.98 Å². The minimum absolute atomic E-state index is 0.0524. The van der Waals surface area contributed by atoms with Crippen molar-refractivity contribution in [3.05, 3.63) is 23.4 Å². The molecule has 0 spiro atoms. The van der Waals surface area contributed by atoms with Crippen molar-refractivity contribution in [1.29, 1.82) is 0 Å². The van der Waals surface area contributed by atoms with Crippen LogP contribution < -0.4 is 4.74 Å². The van der Waals surface area contributed by atoms with Gasteiger partial charge >= 0.3 is 6.18 Å². The molecule has 1 saturated heterocycles. The lowest BCUT2D eigenvalue weighted by Crippen LogP contribution is -2.44. The van der Waals surface area contributed by atoms with E-state index in [1.54, 1.807) is 6.07 Å². The van der Waals surface area contributed by atoms with Gasteiger partial charge in [0.15, 0.2) is 0 Å². The fraction of sp³-hybridized carbons (Fsp3) is 0.684. The maximum Gasteiger partial charge on any atom is 0.398 e. The molecule has 1 atom stereocenters. The molecule has 3 fully saturated rings. The Morgan fingerprint density at radius 3 is 2.59 bits per heavy atom. The molecule has 2 saturated carbocycles. The van der Waals surface area contributed by atoms with Gasteiger partial charge in [0.05, 0.1) is 13.2 Å². The summed E-state index contributed by atoms with van der Waals surface area (Å²) in [6.45, 7) is -1.06. The summed E-state index contributed by atoms with van der Waals surface area (Å²) in [6, 6.07) is 3.39. The summed E-state index contributed by atoms with van der Waals surface area (Å²) in [6.07, 6.45) is -0.475. The van der Waals surface area contributed by atoms with E-state index in [9.17, 15) is 23.1 Å². The second kappa shape index (κ2) is 6.65. The van der Waals surface area contributed by atoms with Crippen LogP contribution in [0.1, 0.15) is 54.1 Å². The number of alkyl halides is 3. The van der Waals surface area contributed by atoms with Crippen molar-refractivity contribution < 1.29 is 27.8 Å². The molecule has 2 aliphatic carbocycles. The molecule has 3 aliphatic rings. The summed E-state index contributed by atoms with van der Waals surface area (Å²) in [5, 5.41) is 9.31. The van der Waals surface area contributed by atoms with Gasteiger partial charge in [-0.05, 0) is 50.0 Å². The van der Waals surface area contributed by atoms with Gasteiger partial charge in [-0.25, -0.2) is 4.98 Å². The van der Waals surface area contributed by atoms with E-state index < -0.39 is 30.7 Å². The average Bonchev–Trinajstić information content (AvgIpc) is 3.56. The van der Waals surface area contributed by atoms with Crippen molar-refractivity contribution in [1.82, 2.24) is 9.88 Å². The molecule has 1 aliphatic heterocycles. The van der Waals surface area contributed by atoms with Crippen LogP contribution in [0.5, 0.6) is 5.88 Å². The van der Waals surface area contributed by atoms with E-state index in [0.29, 0.717) is 24.3 Å². The number of ether oxygens (including phenoxy) is 1.